The van der Waals surface area contributed by atoms with E-state index in [9.17, 15) is 9.59 Å². The molecule has 30 heavy (non-hydrogen) atoms. The Hall–Kier alpha value is -3.25. The average molecular weight is 424 g/mol. The number of amides is 2. The third kappa shape index (κ3) is 3.91. The molecular formula is C23H22ClN3O3. The summed E-state index contributed by atoms with van der Waals surface area (Å²) in [5, 5.41) is 3.34. The van der Waals surface area contributed by atoms with Crippen LogP contribution in [-0.4, -0.2) is 34.6 Å². The van der Waals surface area contributed by atoms with Crippen LogP contribution in [0, 0.1) is 0 Å². The number of carbonyl (C=O) groups is 2. The van der Waals surface area contributed by atoms with Crippen LogP contribution in [0.25, 0.3) is 5.69 Å². The number of nitrogens with one attached hydrogen (secondary N) is 1. The van der Waals surface area contributed by atoms with E-state index in [4.69, 9.17) is 16.3 Å². The van der Waals surface area contributed by atoms with E-state index in [1.54, 1.807) is 11.8 Å². The third-order valence-electron chi connectivity index (χ3n) is 5.10. The second-order valence-corrected chi connectivity index (χ2v) is 7.41. The van der Waals surface area contributed by atoms with Crippen molar-refractivity contribution in [2.24, 2.45) is 0 Å². The Morgan fingerprint density at radius 3 is 2.63 bits per heavy atom. The van der Waals surface area contributed by atoms with Gasteiger partial charge in [-0.2, -0.15) is 0 Å². The van der Waals surface area contributed by atoms with Gasteiger partial charge < -0.3 is 19.5 Å². The lowest BCUT2D eigenvalue weighted by Crippen LogP contribution is -2.44. The molecule has 1 aliphatic heterocycles. The maximum Gasteiger partial charge on any atom is 0.325 e. The minimum absolute atomic E-state index is 0.181. The fourth-order valence-corrected chi connectivity index (χ4v) is 3.92. The van der Waals surface area contributed by atoms with Gasteiger partial charge >= 0.3 is 12.0 Å². The highest BCUT2D eigenvalue weighted by Gasteiger charge is 2.33. The minimum atomic E-state index is -0.465. The van der Waals surface area contributed by atoms with Crippen molar-refractivity contribution in [3.63, 3.8) is 0 Å². The first kappa shape index (κ1) is 20.0. The van der Waals surface area contributed by atoms with Gasteiger partial charge in [0.1, 0.15) is 6.54 Å². The molecule has 0 aliphatic carbocycles. The van der Waals surface area contributed by atoms with Crippen molar-refractivity contribution in [1.82, 2.24) is 14.8 Å². The van der Waals surface area contributed by atoms with Crippen LogP contribution in [-0.2, 0) is 16.1 Å². The van der Waals surface area contributed by atoms with Crippen molar-refractivity contribution in [1.29, 1.82) is 0 Å². The van der Waals surface area contributed by atoms with Crippen LogP contribution < -0.4 is 5.32 Å². The second-order valence-electron chi connectivity index (χ2n) is 6.98. The molecule has 2 aromatic carbocycles. The van der Waals surface area contributed by atoms with E-state index < -0.39 is 5.97 Å². The van der Waals surface area contributed by atoms with Crippen LogP contribution in [0.3, 0.4) is 0 Å². The maximum atomic E-state index is 13.2. The molecule has 154 valence electrons. The van der Waals surface area contributed by atoms with Crippen molar-refractivity contribution >= 4 is 23.6 Å². The Balaban J connectivity index is 1.76. The highest BCUT2D eigenvalue weighted by molar-refractivity contribution is 6.30. The third-order valence-corrected chi connectivity index (χ3v) is 5.35. The summed E-state index contributed by atoms with van der Waals surface area (Å²) in [6.07, 6.45) is 2.00. The van der Waals surface area contributed by atoms with Crippen LogP contribution >= 0.6 is 11.6 Å². The van der Waals surface area contributed by atoms with E-state index in [0.717, 1.165) is 22.5 Å². The molecule has 3 aromatic rings. The van der Waals surface area contributed by atoms with Gasteiger partial charge in [-0.15, -0.1) is 0 Å². The van der Waals surface area contributed by atoms with Crippen LogP contribution in [0.2, 0.25) is 5.02 Å². The smallest absolute Gasteiger partial charge is 0.325 e. The Kier molecular flexibility index (Phi) is 5.77. The molecule has 0 bridgehead atoms. The molecule has 0 saturated heterocycles. The predicted octanol–water partition coefficient (Wildman–Crippen LogP) is 4.31. The number of para-hydroxylation sites is 1. The van der Waals surface area contributed by atoms with Crippen LogP contribution in [0.4, 0.5) is 4.79 Å². The summed E-state index contributed by atoms with van der Waals surface area (Å²) in [4.78, 5) is 26.7. The highest BCUT2D eigenvalue weighted by Crippen LogP contribution is 2.36. The molecule has 4 rings (SSSR count). The number of nitrogens with zero attached hydrogens (tertiary/aromatic N) is 2. The van der Waals surface area contributed by atoms with Gasteiger partial charge in [-0.3, -0.25) is 4.79 Å². The molecule has 1 N–H and O–H groups in total. The van der Waals surface area contributed by atoms with Crippen molar-refractivity contribution in [2.75, 3.05) is 13.2 Å². The number of aromatic nitrogens is 1. The number of hydrogen-bond donors (Lipinski definition) is 1. The van der Waals surface area contributed by atoms with E-state index in [2.05, 4.69) is 9.88 Å². The maximum absolute atomic E-state index is 13.2. The standard InChI is InChI=1S/C23H22ClN3O3/c1-2-30-21(28)14-25-23(29)27-15-17-6-3-4-7-19(17)26-13-5-8-20(26)22(27)16-9-11-18(24)12-10-16/h3-13,22H,2,14-15H2,1H3,(H,25,29). The summed E-state index contributed by atoms with van der Waals surface area (Å²) in [5.41, 5.74) is 3.92. The average Bonchev–Trinajstić information content (AvgIpc) is 3.17. The predicted molar refractivity (Wildman–Crippen MR) is 115 cm³/mol. The van der Waals surface area contributed by atoms with Crippen LogP contribution in [0.15, 0.2) is 66.9 Å². The van der Waals surface area contributed by atoms with Crippen molar-refractivity contribution in [3.8, 4) is 5.69 Å². The summed E-state index contributed by atoms with van der Waals surface area (Å²) in [5.74, 6) is -0.465. The van der Waals surface area contributed by atoms with Gasteiger partial charge in [0.05, 0.1) is 24.9 Å². The zero-order valence-corrected chi connectivity index (χ0v) is 17.3. The quantitative estimate of drug-likeness (QED) is 0.636. The summed E-state index contributed by atoms with van der Waals surface area (Å²) < 4.78 is 7.04. The molecule has 0 fully saturated rings. The van der Waals surface area contributed by atoms with Gasteiger partial charge in [0.15, 0.2) is 0 Å². The van der Waals surface area contributed by atoms with E-state index >= 15 is 0 Å². The SMILES string of the molecule is CCOC(=O)CNC(=O)N1Cc2ccccc2-n2cccc2C1c1ccc(Cl)cc1. The lowest BCUT2D eigenvalue weighted by atomic mass is 10.0. The fourth-order valence-electron chi connectivity index (χ4n) is 3.80. The van der Waals surface area contributed by atoms with Crippen molar-refractivity contribution in [2.45, 2.75) is 19.5 Å². The summed E-state index contributed by atoms with van der Waals surface area (Å²) in [6.45, 7) is 2.21. The number of ether oxygens (including phenoxy) is 1. The molecule has 0 saturated carbocycles. The number of benzene rings is 2. The Morgan fingerprint density at radius 2 is 1.87 bits per heavy atom. The number of halogens is 1. The molecule has 2 heterocycles. The monoisotopic (exact) mass is 423 g/mol. The van der Waals surface area contributed by atoms with Gasteiger partial charge in [-0.25, -0.2) is 4.79 Å². The summed E-state index contributed by atoms with van der Waals surface area (Å²) in [6, 6.07) is 18.7. The first-order valence-corrected chi connectivity index (χ1v) is 10.2. The van der Waals surface area contributed by atoms with Crippen LogP contribution in [0.1, 0.15) is 29.8 Å². The van der Waals surface area contributed by atoms with Gasteiger partial charge in [0.25, 0.3) is 0 Å². The van der Waals surface area contributed by atoms with Gasteiger partial charge in [0, 0.05) is 16.9 Å². The first-order chi connectivity index (χ1) is 14.6. The fraction of sp³-hybridized carbons (Fsp3) is 0.217. The molecule has 0 spiro atoms. The molecule has 2 amide bonds. The van der Waals surface area contributed by atoms with E-state index in [0.29, 0.717) is 11.6 Å². The lowest BCUT2D eigenvalue weighted by Gasteiger charge is -2.31. The Morgan fingerprint density at radius 1 is 1.10 bits per heavy atom. The van der Waals surface area contributed by atoms with Crippen LogP contribution in [0.5, 0.6) is 0 Å². The van der Waals surface area contributed by atoms with E-state index in [-0.39, 0.29) is 25.2 Å². The minimum Gasteiger partial charge on any atom is -0.465 e. The highest BCUT2D eigenvalue weighted by atomic mass is 35.5. The number of urea groups is 1. The molecule has 7 heteroatoms. The van der Waals surface area contributed by atoms with Gasteiger partial charge in [-0.1, -0.05) is 41.9 Å². The molecule has 0 radical (unpaired) electrons. The number of rotatable bonds is 4. The molecule has 1 atom stereocenters. The molecule has 1 unspecified atom stereocenters. The summed E-state index contributed by atoms with van der Waals surface area (Å²) >= 11 is 6.10. The molecule has 1 aromatic heterocycles. The van der Waals surface area contributed by atoms with Crippen molar-refractivity contribution < 1.29 is 14.3 Å². The molecule has 1 aliphatic rings. The summed E-state index contributed by atoms with van der Waals surface area (Å²) in [7, 11) is 0. The Labute approximate surface area is 180 Å². The topological polar surface area (TPSA) is 63.6 Å². The van der Waals surface area contributed by atoms with Gasteiger partial charge in [0.2, 0.25) is 0 Å². The van der Waals surface area contributed by atoms with E-state index in [1.807, 2.05) is 66.9 Å². The molecule has 6 nitrogen and oxygen atoms in total. The number of esters is 1. The Bertz CT molecular complexity index is 1060. The number of hydrogen-bond acceptors (Lipinski definition) is 3. The van der Waals surface area contributed by atoms with Gasteiger partial charge in [-0.05, 0) is 48.4 Å². The number of fused-ring (bicyclic) bond motifs is 3. The van der Waals surface area contributed by atoms with E-state index in [1.165, 1.54) is 0 Å². The largest absolute Gasteiger partial charge is 0.465 e. The second kappa shape index (κ2) is 8.63. The number of carbonyl (C=O) groups excluding carboxylic acids is 2. The normalized spacial score (nSPS) is 15.0. The lowest BCUT2D eigenvalue weighted by molar-refractivity contribution is -0.141. The molecular weight excluding hydrogens is 402 g/mol. The zero-order chi connectivity index (χ0) is 21.1. The first-order valence-electron chi connectivity index (χ1n) is 9.79. The van der Waals surface area contributed by atoms with Crippen molar-refractivity contribution in [3.05, 3.63) is 88.7 Å². The zero-order valence-electron chi connectivity index (χ0n) is 16.5.